The summed E-state index contributed by atoms with van der Waals surface area (Å²) in [7, 11) is 0. The summed E-state index contributed by atoms with van der Waals surface area (Å²) < 4.78 is 0. The van der Waals surface area contributed by atoms with Crippen molar-refractivity contribution in [2.45, 2.75) is 33.1 Å². The Balaban J connectivity index is 2.11. The lowest BCUT2D eigenvalue weighted by Gasteiger charge is -2.08. The van der Waals surface area contributed by atoms with E-state index in [1.165, 1.54) is 6.20 Å². The SMILES string of the molecule is CCCCCNC(=O)c1cnc(-c2cccc(C)c2)nc1N. The minimum absolute atomic E-state index is 0.208. The Bertz CT molecular complexity index is 655. The number of aromatic nitrogens is 2. The number of rotatable bonds is 6. The van der Waals surface area contributed by atoms with Crippen molar-refractivity contribution in [3.63, 3.8) is 0 Å². The van der Waals surface area contributed by atoms with E-state index >= 15 is 0 Å². The van der Waals surface area contributed by atoms with Crippen LogP contribution < -0.4 is 11.1 Å². The monoisotopic (exact) mass is 298 g/mol. The van der Waals surface area contributed by atoms with Crippen molar-refractivity contribution in [2.24, 2.45) is 0 Å². The van der Waals surface area contributed by atoms with E-state index in [0.717, 1.165) is 30.4 Å². The topological polar surface area (TPSA) is 80.9 Å². The number of nitrogen functional groups attached to an aromatic ring is 1. The van der Waals surface area contributed by atoms with E-state index in [0.29, 0.717) is 17.9 Å². The number of hydrogen-bond acceptors (Lipinski definition) is 4. The summed E-state index contributed by atoms with van der Waals surface area (Å²) in [5.74, 6) is 0.521. The summed E-state index contributed by atoms with van der Waals surface area (Å²) in [5, 5.41) is 2.84. The van der Waals surface area contributed by atoms with Gasteiger partial charge in [0.25, 0.3) is 5.91 Å². The van der Waals surface area contributed by atoms with Crippen LogP contribution in [0.4, 0.5) is 5.82 Å². The molecule has 0 unspecified atom stereocenters. The predicted octanol–water partition coefficient (Wildman–Crippen LogP) is 2.95. The van der Waals surface area contributed by atoms with Crippen molar-refractivity contribution in [2.75, 3.05) is 12.3 Å². The van der Waals surface area contributed by atoms with Crippen LogP contribution in [0.25, 0.3) is 11.4 Å². The molecule has 0 bridgehead atoms. The van der Waals surface area contributed by atoms with Gasteiger partial charge in [0.1, 0.15) is 5.82 Å². The highest BCUT2D eigenvalue weighted by Crippen LogP contribution is 2.18. The first kappa shape index (κ1) is 15.9. The second-order valence-corrected chi connectivity index (χ2v) is 5.33. The third-order valence-corrected chi connectivity index (χ3v) is 3.41. The van der Waals surface area contributed by atoms with Gasteiger partial charge in [-0.1, -0.05) is 43.5 Å². The van der Waals surface area contributed by atoms with E-state index in [1.54, 1.807) is 0 Å². The molecule has 0 fully saturated rings. The molecule has 22 heavy (non-hydrogen) atoms. The summed E-state index contributed by atoms with van der Waals surface area (Å²) in [5.41, 5.74) is 8.26. The second-order valence-electron chi connectivity index (χ2n) is 5.33. The molecule has 1 aromatic heterocycles. The van der Waals surface area contributed by atoms with E-state index < -0.39 is 0 Å². The van der Waals surface area contributed by atoms with Gasteiger partial charge in [-0.25, -0.2) is 9.97 Å². The highest BCUT2D eigenvalue weighted by atomic mass is 16.1. The lowest BCUT2D eigenvalue weighted by atomic mass is 10.1. The van der Waals surface area contributed by atoms with Gasteiger partial charge in [-0.05, 0) is 19.4 Å². The van der Waals surface area contributed by atoms with Crippen LogP contribution in [0.2, 0.25) is 0 Å². The first-order valence-electron chi connectivity index (χ1n) is 7.59. The number of carbonyl (C=O) groups excluding carboxylic acids is 1. The molecule has 0 atom stereocenters. The smallest absolute Gasteiger partial charge is 0.256 e. The minimum atomic E-state index is -0.218. The Morgan fingerprint density at radius 2 is 2.14 bits per heavy atom. The fraction of sp³-hybridized carbons (Fsp3) is 0.353. The first-order valence-corrected chi connectivity index (χ1v) is 7.59. The van der Waals surface area contributed by atoms with Gasteiger partial charge in [0.2, 0.25) is 0 Å². The zero-order chi connectivity index (χ0) is 15.9. The maximum Gasteiger partial charge on any atom is 0.256 e. The van der Waals surface area contributed by atoms with Gasteiger partial charge in [0, 0.05) is 18.3 Å². The van der Waals surface area contributed by atoms with E-state index in [-0.39, 0.29) is 11.7 Å². The van der Waals surface area contributed by atoms with E-state index in [9.17, 15) is 4.79 Å². The Labute approximate surface area is 131 Å². The summed E-state index contributed by atoms with van der Waals surface area (Å²) >= 11 is 0. The molecule has 0 radical (unpaired) electrons. The van der Waals surface area contributed by atoms with Gasteiger partial charge in [-0.15, -0.1) is 0 Å². The molecule has 0 aliphatic carbocycles. The van der Waals surface area contributed by atoms with Crippen molar-refractivity contribution in [3.8, 4) is 11.4 Å². The van der Waals surface area contributed by atoms with Crippen LogP contribution in [0.1, 0.15) is 42.1 Å². The Kier molecular flexibility index (Phi) is 5.47. The molecule has 0 aliphatic heterocycles. The van der Waals surface area contributed by atoms with Crippen LogP contribution in [0.3, 0.4) is 0 Å². The van der Waals surface area contributed by atoms with Crippen molar-refractivity contribution < 1.29 is 4.79 Å². The van der Waals surface area contributed by atoms with Gasteiger partial charge in [0.05, 0.1) is 5.56 Å². The molecule has 0 aliphatic rings. The fourth-order valence-electron chi connectivity index (χ4n) is 2.17. The van der Waals surface area contributed by atoms with Crippen molar-refractivity contribution in [3.05, 3.63) is 41.6 Å². The van der Waals surface area contributed by atoms with Crippen LogP contribution in [-0.2, 0) is 0 Å². The number of nitrogens with zero attached hydrogens (tertiary/aromatic N) is 2. The average Bonchev–Trinajstić information content (AvgIpc) is 2.51. The highest BCUT2D eigenvalue weighted by Gasteiger charge is 2.12. The minimum Gasteiger partial charge on any atom is -0.383 e. The van der Waals surface area contributed by atoms with Gasteiger partial charge >= 0.3 is 0 Å². The van der Waals surface area contributed by atoms with Crippen LogP contribution in [0.15, 0.2) is 30.5 Å². The standard InChI is InChI=1S/C17H22N4O/c1-3-4-5-9-19-17(22)14-11-20-16(21-15(14)18)13-8-6-7-12(2)10-13/h6-8,10-11H,3-5,9H2,1-2H3,(H,19,22)(H2,18,20,21). The summed E-state index contributed by atoms with van der Waals surface area (Å²) in [4.78, 5) is 20.6. The van der Waals surface area contributed by atoms with Crippen molar-refractivity contribution in [1.29, 1.82) is 0 Å². The summed E-state index contributed by atoms with van der Waals surface area (Å²) in [6, 6.07) is 7.86. The second kappa shape index (κ2) is 7.54. The Hall–Kier alpha value is -2.43. The zero-order valence-corrected chi connectivity index (χ0v) is 13.1. The quantitative estimate of drug-likeness (QED) is 0.803. The van der Waals surface area contributed by atoms with Crippen molar-refractivity contribution >= 4 is 11.7 Å². The summed E-state index contributed by atoms with van der Waals surface area (Å²) in [6.07, 6.45) is 4.67. The zero-order valence-electron chi connectivity index (χ0n) is 13.1. The number of benzene rings is 1. The van der Waals surface area contributed by atoms with Gasteiger partial charge in [-0.2, -0.15) is 0 Å². The molecule has 0 spiro atoms. The Morgan fingerprint density at radius 3 is 2.82 bits per heavy atom. The number of anilines is 1. The number of amides is 1. The molecule has 2 rings (SSSR count). The summed E-state index contributed by atoms with van der Waals surface area (Å²) in [6.45, 7) is 4.77. The highest BCUT2D eigenvalue weighted by molar-refractivity contribution is 5.98. The van der Waals surface area contributed by atoms with Crippen LogP contribution in [-0.4, -0.2) is 22.4 Å². The molecule has 0 saturated heterocycles. The first-order chi connectivity index (χ1) is 10.6. The van der Waals surface area contributed by atoms with Crippen molar-refractivity contribution in [1.82, 2.24) is 15.3 Å². The number of hydrogen-bond donors (Lipinski definition) is 2. The molecule has 5 nitrogen and oxygen atoms in total. The number of carbonyl (C=O) groups is 1. The lowest BCUT2D eigenvalue weighted by molar-refractivity contribution is 0.0953. The fourth-order valence-corrected chi connectivity index (χ4v) is 2.17. The molecule has 2 aromatic rings. The third-order valence-electron chi connectivity index (χ3n) is 3.41. The van der Waals surface area contributed by atoms with Gasteiger partial charge in [-0.3, -0.25) is 4.79 Å². The average molecular weight is 298 g/mol. The van der Waals surface area contributed by atoms with E-state index in [1.807, 2.05) is 31.2 Å². The molecular weight excluding hydrogens is 276 g/mol. The predicted molar refractivity (Wildman–Crippen MR) is 88.5 cm³/mol. The molecule has 1 aromatic carbocycles. The molecular formula is C17H22N4O. The normalized spacial score (nSPS) is 10.5. The molecule has 116 valence electrons. The van der Waals surface area contributed by atoms with Gasteiger partial charge < -0.3 is 11.1 Å². The lowest BCUT2D eigenvalue weighted by Crippen LogP contribution is -2.26. The molecule has 5 heteroatoms. The number of aryl methyl sites for hydroxylation is 1. The number of unbranched alkanes of at least 4 members (excludes halogenated alkanes) is 2. The number of nitrogens with two attached hydrogens (primary N) is 1. The molecule has 0 saturated carbocycles. The molecule has 1 heterocycles. The third kappa shape index (κ3) is 4.04. The van der Waals surface area contributed by atoms with Crippen LogP contribution >= 0.6 is 0 Å². The van der Waals surface area contributed by atoms with E-state index in [2.05, 4.69) is 22.2 Å². The maximum atomic E-state index is 12.1. The number of nitrogens with one attached hydrogen (secondary N) is 1. The largest absolute Gasteiger partial charge is 0.383 e. The Morgan fingerprint density at radius 1 is 1.32 bits per heavy atom. The molecule has 3 N–H and O–H groups in total. The van der Waals surface area contributed by atoms with Gasteiger partial charge in [0.15, 0.2) is 5.82 Å². The van der Waals surface area contributed by atoms with Crippen LogP contribution in [0.5, 0.6) is 0 Å². The van der Waals surface area contributed by atoms with Crippen LogP contribution in [0, 0.1) is 6.92 Å². The molecule has 1 amide bonds. The van der Waals surface area contributed by atoms with E-state index in [4.69, 9.17) is 5.73 Å². The maximum absolute atomic E-state index is 12.1.